The van der Waals surface area contributed by atoms with Gasteiger partial charge in [-0.15, -0.1) is 11.3 Å². The summed E-state index contributed by atoms with van der Waals surface area (Å²) in [6.07, 6.45) is 0. The number of hydrogen-bond donors (Lipinski definition) is 1. The fourth-order valence-corrected chi connectivity index (χ4v) is 2.67. The van der Waals surface area contributed by atoms with Crippen LogP contribution >= 0.6 is 11.3 Å². The van der Waals surface area contributed by atoms with Crippen LogP contribution in [0.2, 0.25) is 0 Å². The zero-order valence-electron chi connectivity index (χ0n) is 10.7. The third-order valence-corrected chi connectivity index (χ3v) is 3.62. The molecule has 19 heavy (non-hydrogen) atoms. The van der Waals surface area contributed by atoms with Gasteiger partial charge in [0.05, 0.1) is 18.8 Å². The number of halogens is 1. The molecule has 2 N–H and O–H groups in total. The lowest BCUT2D eigenvalue weighted by molar-refractivity contribution is 0.622. The molecule has 1 aromatic heterocycles. The minimum Gasteiger partial charge on any atom is -0.367 e. The number of benzene rings is 1. The average Bonchev–Trinajstić information content (AvgIpc) is 2.84. The number of thiophene rings is 1. The highest BCUT2D eigenvalue weighted by Crippen LogP contribution is 2.23. The Kier molecular flexibility index (Phi) is 4.56. The van der Waals surface area contributed by atoms with Crippen LogP contribution in [0.25, 0.3) is 0 Å². The Morgan fingerprint density at radius 1 is 1.32 bits per heavy atom. The largest absolute Gasteiger partial charge is 0.367 e. The van der Waals surface area contributed by atoms with Crippen molar-refractivity contribution in [3.05, 3.63) is 52.0 Å². The van der Waals surface area contributed by atoms with Gasteiger partial charge >= 0.3 is 0 Å². The molecule has 0 aliphatic heterocycles. The van der Waals surface area contributed by atoms with E-state index in [4.69, 9.17) is 5.73 Å². The summed E-state index contributed by atoms with van der Waals surface area (Å²) in [6, 6.07) is 8.73. The summed E-state index contributed by atoms with van der Waals surface area (Å²) in [5.74, 6) is 5.67. The first kappa shape index (κ1) is 13.6. The molecule has 0 radical (unpaired) electrons. The number of rotatable bonds is 3. The van der Waals surface area contributed by atoms with Gasteiger partial charge in [-0.05, 0) is 23.6 Å². The molecule has 0 saturated carbocycles. The van der Waals surface area contributed by atoms with Crippen LogP contribution < -0.4 is 10.6 Å². The molecule has 98 valence electrons. The summed E-state index contributed by atoms with van der Waals surface area (Å²) in [4.78, 5) is 3.00. The van der Waals surface area contributed by atoms with E-state index in [-0.39, 0.29) is 5.82 Å². The molecule has 0 bridgehead atoms. The van der Waals surface area contributed by atoms with E-state index in [1.807, 2.05) is 29.5 Å². The van der Waals surface area contributed by atoms with Gasteiger partial charge in [0.1, 0.15) is 5.82 Å². The van der Waals surface area contributed by atoms with Crippen LogP contribution in [-0.2, 0) is 6.54 Å². The molecule has 0 aliphatic carbocycles. The number of nitrogens with two attached hydrogens (primary N) is 1. The highest BCUT2D eigenvalue weighted by atomic mass is 32.1. The Labute approximate surface area is 116 Å². The predicted octanol–water partition coefficient (Wildman–Crippen LogP) is 2.83. The lowest BCUT2D eigenvalue weighted by Gasteiger charge is -2.19. The van der Waals surface area contributed by atoms with Crippen LogP contribution in [0.1, 0.15) is 10.4 Å². The molecule has 0 fully saturated rings. The van der Waals surface area contributed by atoms with Gasteiger partial charge in [-0.25, -0.2) is 4.39 Å². The van der Waals surface area contributed by atoms with Crippen molar-refractivity contribution < 1.29 is 4.39 Å². The van der Waals surface area contributed by atoms with Gasteiger partial charge in [0.2, 0.25) is 0 Å². The first-order valence-electron chi connectivity index (χ1n) is 5.93. The monoisotopic (exact) mass is 274 g/mol. The molecule has 4 heteroatoms. The van der Waals surface area contributed by atoms with E-state index >= 15 is 0 Å². The standard InChI is InChI=1S/C15H15FN2S/c1-18(14-7-3-2-6-13(14)16)11-15-12(5-4-9-17)8-10-19-15/h2-3,6-8,10H,9,11,17H2,1H3. The molecule has 2 nitrogen and oxygen atoms in total. The molecular weight excluding hydrogens is 259 g/mol. The van der Waals surface area contributed by atoms with Crippen molar-refractivity contribution in [1.82, 2.24) is 0 Å². The molecule has 2 rings (SSSR count). The molecule has 0 saturated heterocycles. The van der Waals surface area contributed by atoms with Crippen molar-refractivity contribution in [2.75, 3.05) is 18.5 Å². The average molecular weight is 274 g/mol. The lowest BCUT2D eigenvalue weighted by atomic mass is 10.2. The second kappa shape index (κ2) is 6.37. The summed E-state index contributed by atoms with van der Waals surface area (Å²) in [6.45, 7) is 0.978. The molecular formula is C15H15FN2S. The zero-order valence-corrected chi connectivity index (χ0v) is 11.5. The highest BCUT2D eigenvalue weighted by molar-refractivity contribution is 7.10. The zero-order chi connectivity index (χ0) is 13.7. The minimum absolute atomic E-state index is 0.212. The van der Waals surface area contributed by atoms with Crippen LogP contribution in [0.15, 0.2) is 35.7 Å². The van der Waals surface area contributed by atoms with Crippen molar-refractivity contribution in [2.24, 2.45) is 5.73 Å². The summed E-state index contributed by atoms with van der Waals surface area (Å²) in [7, 11) is 1.87. The molecule has 0 atom stereocenters. The number of nitrogens with zero attached hydrogens (tertiary/aromatic N) is 1. The van der Waals surface area contributed by atoms with Crippen molar-refractivity contribution in [3.8, 4) is 11.8 Å². The molecule has 1 aromatic carbocycles. The fraction of sp³-hybridized carbons (Fsp3) is 0.200. The predicted molar refractivity (Wildman–Crippen MR) is 78.8 cm³/mol. The Morgan fingerprint density at radius 3 is 2.84 bits per heavy atom. The molecule has 2 aromatic rings. The van der Waals surface area contributed by atoms with E-state index in [2.05, 4.69) is 11.8 Å². The highest BCUT2D eigenvalue weighted by Gasteiger charge is 2.10. The van der Waals surface area contributed by atoms with Gasteiger partial charge in [0.15, 0.2) is 0 Å². The Balaban J connectivity index is 2.18. The number of para-hydroxylation sites is 1. The van der Waals surface area contributed by atoms with E-state index in [1.165, 1.54) is 6.07 Å². The van der Waals surface area contributed by atoms with Gasteiger partial charge in [0, 0.05) is 17.5 Å². The second-order valence-electron chi connectivity index (χ2n) is 4.07. The normalized spacial score (nSPS) is 9.84. The van der Waals surface area contributed by atoms with Gasteiger partial charge in [-0.1, -0.05) is 24.0 Å². The van der Waals surface area contributed by atoms with Crippen LogP contribution in [0.5, 0.6) is 0 Å². The quantitative estimate of drug-likeness (QED) is 0.872. The summed E-state index contributed by atoms with van der Waals surface area (Å²) in [5, 5.41) is 1.99. The molecule has 0 aliphatic rings. The topological polar surface area (TPSA) is 29.3 Å². The van der Waals surface area contributed by atoms with E-state index in [0.29, 0.717) is 18.8 Å². The van der Waals surface area contributed by atoms with Crippen molar-refractivity contribution in [1.29, 1.82) is 0 Å². The van der Waals surface area contributed by atoms with Crippen molar-refractivity contribution in [3.63, 3.8) is 0 Å². The fourth-order valence-electron chi connectivity index (χ4n) is 1.78. The van der Waals surface area contributed by atoms with Crippen LogP contribution in [0, 0.1) is 17.7 Å². The second-order valence-corrected chi connectivity index (χ2v) is 5.07. The third-order valence-electron chi connectivity index (χ3n) is 2.72. The Bertz CT molecular complexity index is 610. The smallest absolute Gasteiger partial charge is 0.146 e. The first-order valence-corrected chi connectivity index (χ1v) is 6.81. The van der Waals surface area contributed by atoms with E-state index in [1.54, 1.807) is 23.5 Å². The maximum Gasteiger partial charge on any atom is 0.146 e. The van der Waals surface area contributed by atoms with Crippen LogP contribution in [0.4, 0.5) is 10.1 Å². The number of hydrogen-bond acceptors (Lipinski definition) is 3. The maximum absolute atomic E-state index is 13.7. The molecule has 0 spiro atoms. The van der Waals surface area contributed by atoms with Crippen LogP contribution in [-0.4, -0.2) is 13.6 Å². The van der Waals surface area contributed by atoms with Crippen molar-refractivity contribution >= 4 is 17.0 Å². The maximum atomic E-state index is 13.7. The summed E-state index contributed by atoms with van der Waals surface area (Å²) >= 11 is 1.62. The Hall–Kier alpha value is -1.83. The van der Waals surface area contributed by atoms with Gasteiger partial charge in [-0.2, -0.15) is 0 Å². The number of anilines is 1. The summed E-state index contributed by atoms with van der Waals surface area (Å²) in [5.41, 5.74) is 6.94. The van der Waals surface area contributed by atoms with E-state index in [9.17, 15) is 4.39 Å². The molecule has 0 unspecified atom stereocenters. The van der Waals surface area contributed by atoms with Crippen molar-refractivity contribution in [2.45, 2.75) is 6.54 Å². The third kappa shape index (κ3) is 3.34. The minimum atomic E-state index is -0.212. The summed E-state index contributed by atoms with van der Waals surface area (Å²) < 4.78 is 13.7. The van der Waals surface area contributed by atoms with E-state index < -0.39 is 0 Å². The first-order chi connectivity index (χ1) is 9.22. The van der Waals surface area contributed by atoms with Gasteiger partial charge in [-0.3, -0.25) is 0 Å². The Morgan fingerprint density at radius 2 is 2.11 bits per heavy atom. The van der Waals surface area contributed by atoms with Crippen LogP contribution in [0.3, 0.4) is 0 Å². The van der Waals surface area contributed by atoms with Gasteiger partial charge < -0.3 is 10.6 Å². The SMILES string of the molecule is CN(Cc1sccc1C#CCN)c1ccccc1F. The molecule has 0 amide bonds. The van der Waals surface area contributed by atoms with E-state index in [0.717, 1.165) is 10.4 Å². The lowest BCUT2D eigenvalue weighted by Crippen LogP contribution is -2.17. The van der Waals surface area contributed by atoms with Gasteiger partial charge in [0.25, 0.3) is 0 Å². The molecule has 1 heterocycles.